The van der Waals surface area contributed by atoms with Crippen molar-refractivity contribution in [1.29, 1.82) is 0 Å². The molecule has 5 nitrogen and oxygen atoms in total. The van der Waals surface area contributed by atoms with Crippen molar-refractivity contribution < 1.29 is 18.3 Å². The molecular weight excluding hydrogens is 254 g/mol. The van der Waals surface area contributed by atoms with Crippen LogP contribution in [0.15, 0.2) is 29.2 Å². The normalized spacial score (nSPS) is 16.4. The fourth-order valence-electron chi connectivity index (χ4n) is 2.06. The monoisotopic (exact) mass is 269 g/mol. The van der Waals surface area contributed by atoms with Gasteiger partial charge in [-0.25, -0.2) is 8.42 Å². The van der Waals surface area contributed by atoms with Crippen LogP contribution in [0.2, 0.25) is 0 Å². The number of hydrogen-bond donors (Lipinski definition) is 1. The Kier molecular flexibility index (Phi) is 3.30. The van der Waals surface area contributed by atoms with Gasteiger partial charge in [0, 0.05) is 31.0 Å². The van der Waals surface area contributed by atoms with Gasteiger partial charge in [0.2, 0.25) is 0 Å². The summed E-state index contributed by atoms with van der Waals surface area (Å²) in [7, 11) is -3.16. The molecule has 6 heteroatoms. The van der Waals surface area contributed by atoms with E-state index < -0.39 is 15.8 Å². The van der Waals surface area contributed by atoms with E-state index in [1.165, 1.54) is 6.26 Å². The molecule has 0 saturated carbocycles. The maximum absolute atomic E-state index is 11.3. The number of carboxylic acids is 1. The number of carbonyl (C=O) groups is 1. The summed E-state index contributed by atoms with van der Waals surface area (Å²) in [5.74, 6) is -0.579. The first-order valence-corrected chi connectivity index (χ1v) is 7.52. The molecule has 0 unspecified atom stereocenters. The van der Waals surface area contributed by atoms with E-state index >= 15 is 0 Å². The van der Waals surface area contributed by atoms with Crippen molar-refractivity contribution in [3.63, 3.8) is 0 Å². The van der Waals surface area contributed by atoms with Crippen LogP contribution in [0.3, 0.4) is 0 Å². The maximum atomic E-state index is 11.3. The summed E-state index contributed by atoms with van der Waals surface area (Å²) >= 11 is 0. The Bertz CT molecular complexity index is 544. The molecule has 1 fully saturated rings. The summed E-state index contributed by atoms with van der Waals surface area (Å²) in [5.41, 5.74) is 0.934. The molecule has 1 aromatic carbocycles. The minimum Gasteiger partial charge on any atom is -0.481 e. The molecule has 18 heavy (non-hydrogen) atoms. The Morgan fingerprint density at radius 2 is 1.89 bits per heavy atom. The zero-order chi connectivity index (χ0) is 13.3. The lowest BCUT2D eigenvalue weighted by atomic mass is 9.96. The summed E-state index contributed by atoms with van der Waals surface area (Å²) in [4.78, 5) is 12.9. The average molecular weight is 269 g/mol. The van der Waals surface area contributed by atoms with E-state index in [1.54, 1.807) is 24.3 Å². The Morgan fingerprint density at radius 3 is 2.33 bits per heavy atom. The minimum absolute atomic E-state index is 0.192. The number of aliphatic carboxylic acids is 1. The van der Waals surface area contributed by atoms with Crippen molar-refractivity contribution in [2.45, 2.75) is 11.3 Å². The van der Waals surface area contributed by atoms with Crippen molar-refractivity contribution >= 4 is 21.5 Å². The second-order valence-corrected chi connectivity index (χ2v) is 6.65. The Balaban J connectivity index is 1.99. The molecule has 1 heterocycles. The van der Waals surface area contributed by atoms with Crippen LogP contribution in [0.5, 0.6) is 0 Å². The van der Waals surface area contributed by atoms with E-state index in [-0.39, 0.29) is 12.3 Å². The van der Waals surface area contributed by atoms with E-state index in [0.29, 0.717) is 18.0 Å². The number of hydrogen-bond acceptors (Lipinski definition) is 4. The van der Waals surface area contributed by atoms with E-state index in [0.717, 1.165) is 5.69 Å². The lowest BCUT2D eigenvalue weighted by Crippen LogP contribution is -2.47. The molecule has 0 aromatic heterocycles. The molecule has 1 aliphatic rings. The SMILES string of the molecule is CS(=O)(=O)c1ccc(N2CC(CC(=O)O)C2)cc1. The van der Waals surface area contributed by atoms with Gasteiger partial charge in [0.25, 0.3) is 0 Å². The number of nitrogens with zero attached hydrogens (tertiary/aromatic N) is 1. The predicted molar refractivity (Wildman–Crippen MR) is 67.5 cm³/mol. The Morgan fingerprint density at radius 1 is 1.33 bits per heavy atom. The van der Waals surface area contributed by atoms with Gasteiger partial charge in [-0.3, -0.25) is 4.79 Å². The highest BCUT2D eigenvalue weighted by molar-refractivity contribution is 7.90. The fraction of sp³-hybridized carbons (Fsp3) is 0.417. The molecule has 0 aliphatic carbocycles. The van der Waals surface area contributed by atoms with Crippen LogP contribution in [0.25, 0.3) is 0 Å². The van der Waals surface area contributed by atoms with Crippen LogP contribution in [0.1, 0.15) is 6.42 Å². The first-order chi connectivity index (χ1) is 8.36. The van der Waals surface area contributed by atoms with Crippen molar-refractivity contribution in [1.82, 2.24) is 0 Å². The van der Waals surface area contributed by atoms with Gasteiger partial charge in [-0.1, -0.05) is 0 Å². The van der Waals surface area contributed by atoms with Gasteiger partial charge in [-0.15, -0.1) is 0 Å². The van der Waals surface area contributed by atoms with E-state index in [9.17, 15) is 13.2 Å². The van der Waals surface area contributed by atoms with Crippen molar-refractivity contribution in [2.75, 3.05) is 24.2 Å². The molecule has 1 aromatic rings. The summed E-state index contributed by atoms with van der Waals surface area (Å²) in [6, 6.07) is 6.67. The lowest BCUT2D eigenvalue weighted by Gasteiger charge is -2.40. The third-order valence-electron chi connectivity index (χ3n) is 3.05. The summed E-state index contributed by atoms with van der Waals surface area (Å²) in [5, 5.41) is 8.65. The number of rotatable bonds is 4. The molecule has 1 saturated heterocycles. The van der Waals surface area contributed by atoms with Gasteiger partial charge < -0.3 is 10.0 Å². The molecule has 0 atom stereocenters. The molecule has 98 valence electrons. The molecule has 2 rings (SSSR count). The highest BCUT2D eigenvalue weighted by Crippen LogP contribution is 2.27. The largest absolute Gasteiger partial charge is 0.481 e. The van der Waals surface area contributed by atoms with Gasteiger partial charge in [0.1, 0.15) is 0 Å². The van der Waals surface area contributed by atoms with Crippen LogP contribution in [0, 0.1) is 5.92 Å². The fourth-order valence-corrected chi connectivity index (χ4v) is 2.69. The zero-order valence-electron chi connectivity index (χ0n) is 10.0. The topological polar surface area (TPSA) is 74.7 Å². The molecule has 0 amide bonds. The third kappa shape index (κ3) is 2.81. The second-order valence-electron chi connectivity index (χ2n) is 4.63. The standard InChI is InChI=1S/C12H15NO4S/c1-18(16,17)11-4-2-10(3-5-11)13-7-9(8-13)6-12(14)15/h2-5,9H,6-8H2,1H3,(H,14,15). The molecule has 1 N–H and O–H groups in total. The van der Waals surface area contributed by atoms with Gasteiger partial charge in [0.05, 0.1) is 11.3 Å². The smallest absolute Gasteiger partial charge is 0.303 e. The molecule has 0 radical (unpaired) electrons. The van der Waals surface area contributed by atoms with Gasteiger partial charge in [-0.05, 0) is 24.3 Å². The first kappa shape index (κ1) is 12.9. The predicted octanol–water partition coefficient (Wildman–Crippen LogP) is 1.00. The van der Waals surface area contributed by atoms with Gasteiger partial charge >= 0.3 is 5.97 Å². The van der Waals surface area contributed by atoms with Gasteiger partial charge in [0.15, 0.2) is 9.84 Å². The van der Waals surface area contributed by atoms with Crippen molar-refractivity contribution in [3.8, 4) is 0 Å². The van der Waals surface area contributed by atoms with Crippen LogP contribution in [0.4, 0.5) is 5.69 Å². The molecular formula is C12H15NO4S. The number of sulfone groups is 1. The lowest BCUT2D eigenvalue weighted by molar-refractivity contribution is -0.138. The van der Waals surface area contributed by atoms with Crippen LogP contribution >= 0.6 is 0 Å². The summed E-state index contributed by atoms with van der Waals surface area (Å²) in [6.07, 6.45) is 1.37. The summed E-state index contributed by atoms with van der Waals surface area (Å²) < 4.78 is 22.6. The van der Waals surface area contributed by atoms with Gasteiger partial charge in [-0.2, -0.15) is 0 Å². The average Bonchev–Trinajstić information content (AvgIpc) is 2.21. The van der Waals surface area contributed by atoms with Crippen LogP contribution in [-0.2, 0) is 14.6 Å². The quantitative estimate of drug-likeness (QED) is 0.882. The molecule has 0 bridgehead atoms. The van der Waals surface area contributed by atoms with E-state index in [2.05, 4.69) is 0 Å². The van der Waals surface area contributed by atoms with Crippen LogP contribution in [-0.4, -0.2) is 38.8 Å². The minimum atomic E-state index is -3.16. The molecule has 1 aliphatic heterocycles. The number of benzene rings is 1. The molecule has 0 spiro atoms. The number of carboxylic acid groups (broad SMARTS) is 1. The van der Waals surface area contributed by atoms with Crippen molar-refractivity contribution in [2.24, 2.45) is 5.92 Å². The second kappa shape index (κ2) is 4.61. The zero-order valence-corrected chi connectivity index (χ0v) is 10.9. The first-order valence-electron chi connectivity index (χ1n) is 5.63. The van der Waals surface area contributed by atoms with Crippen molar-refractivity contribution in [3.05, 3.63) is 24.3 Å². The van der Waals surface area contributed by atoms with Crippen LogP contribution < -0.4 is 4.90 Å². The highest BCUT2D eigenvalue weighted by Gasteiger charge is 2.28. The Hall–Kier alpha value is -1.56. The Labute approximate surface area is 106 Å². The number of anilines is 1. The maximum Gasteiger partial charge on any atom is 0.303 e. The van der Waals surface area contributed by atoms with E-state index in [1.807, 2.05) is 4.90 Å². The van der Waals surface area contributed by atoms with E-state index in [4.69, 9.17) is 5.11 Å². The third-order valence-corrected chi connectivity index (χ3v) is 4.18. The summed E-state index contributed by atoms with van der Waals surface area (Å²) in [6.45, 7) is 1.43. The highest BCUT2D eigenvalue weighted by atomic mass is 32.2.